The molecule has 0 radical (unpaired) electrons. The highest BCUT2D eigenvalue weighted by molar-refractivity contribution is 6.30. The number of ether oxygens (including phenoxy) is 2. The molecule has 142 valence electrons. The Labute approximate surface area is 161 Å². The summed E-state index contributed by atoms with van der Waals surface area (Å²) in [7, 11) is 0. The summed E-state index contributed by atoms with van der Waals surface area (Å²) < 4.78 is 10.2. The van der Waals surface area contributed by atoms with Crippen LogP contribution < -0.4 is 15.4 Å². The molecule has 0 fully saturated rings. The number of esters is 1. The monoisotopic (exact) mass is 390 g/mol. The van der Waals surface area contributed by atoms with Crippen molar-refractivity contribution in [3.8, 4) is 5.75 Å². The van der Waals surface area contributed by atoms with Crippen molar-refractivity contribution >= 4 is 35.1 Å². The van der Waals surface area contributed by atoms with Crippen molar-refractivity contribution in [3.05, 3.63) is 59.6 Å². The van der Waals surface area contributed by atoms with E-state index in [-0.39, 0.29) is 13.2 Å². The second-order valence-electron chi connectivity index (χ2n) is 5.51. The van der Waals surface area contributed by atoms with Crippen LogP contribution in [0.15, 0.2) is 54.6 Å². The number of carbonyl (C=O) groups excluding carboxylic acids is 3. The van der Waals surface area contributed by atoms with Gasteiger partial charge in [0.1, 0.15) is 12.3 Å². The number of hydrogen-bond acceptors (Lipinski definition) is 5. The molecule has 0 spiro atoms. The molecule has 0 aliphatic heterocycles. The standard InChI is InChI=1S/C19H19ClN2O5/c1-13(19(25)22-15-9-7-14(20)8-10-15)27-18(24)11-21-17(23)12-26-16-5-3-2-4-6-16/h2-10,13H,11-12H2,1H3,(H,21,23)(H,22,25). The zero-order valence-corrected chi connectivity index (χ0v) is 15.4. The van der Waals surface area contributed by atoms with E-state index in [0.717, 1.165) is 0 Å². The minimum absolute atomic E-state index is 0.232. The fourth-order valence-electron chi connectivity index (χ4n) is 1.96. The van der Waals surface area contributed by atoms with Crippen molar-refractivity contribution in [2.75, 3.05) is 18.5 Å². The number of benzene rings is 2. The van der Waals surface area contributed by atoms with Gasteiger partial charge >= 0.3 is 5.97 Å². The maximum atomic E-state index is 12.0. The van der Waals surface area contributed by atoms with Gasteiger partial charge in [0, 0.05) is 10.7 Å². The molecule has 0 aliphatic carbocycles. The Morgan fingerprint density at radius 1 is 1.04 bits per heavy atom. The zero-order valence-electron chi connectivity index (χ0n) is 14.6. The Balaban J connectivity index is 1.68. The maximum Gasteiger partial charge on any atom is 0.326 e. The van der Waals surface area contributed by atoms with Gasteiger partial charge in [0.05, 0.1) is 0 Å². The lowest BCUT2D eigenvalue weighted by molar-refractivity contribution is -0.152. The first-order valence-corrected chi connectivity index (χ1v) is 8.52. The van der Waals surface area contributed by atoms with Crippen LogP contribution in [0.5, 0.6) is 5.75 Å². The number of nitrogens with one attached hydrogen (secondary N) is 2. The normalized spacial score (nSPS) is 11.2. The third-order valence-corrected chi connectivity index (χ3v) is 3.58. The highest BCUT2D eigenvalue weighted by atomic mass is 35.5. The lowest BCUT2D eigenvalue weighted by Gasteiger charge is -2.14. The summed E-state index contributed by atoms with van der Waals surface area (Å²) >= 11 is 5.77. The molecular formula is C19H19ClN2O5. The quantitative estimate of drug-likeness (QED) is 0.675. The van der Waals surface area contributed by atoms with Crippen LogP contribution >= 0.6 is 11.6 Å². The van der Waals surface area contributed by atoms with E-state index in [2.05, 4.69) is 10.6 Å². The molecule has 1 unspecified atom stereocenters. The summed E-state index contributed by atoms with van der Waals surface area (Å²) in [6.07, 6.45) is -1.02. The number of amides is 2. The van der Waals surface area contributed by atoms with Crippen LogP contribution in [-0.2, 0) is 19.1 Å². The van der Waals surface area contributed by atoms with Gasteiger partial charge in [0.15, 0.2) is 12.7 Å². The summed E-state index contributed by atoms with van der Waals surface area (Å²) in [6, 6.07) is 15.3. The molecule has 2 aromatic carbocycles. The number of halogens is 1. The summed E-state index contributed by atoms with van der Waals surface area (Å²) in [4.78, 5) is 35.4. The minimum Gasteiger partial charge on any atom is -0.484 e. The van der Waals surface area contributed by atoms with Gasteiger partial charge in [-0.15, -0.1) is 0 Å². The molecular weight excluding hydrogens is 372 g/mol. The average molecular weight is 391 g/mol. The van der Waals surface area contributed by atoms with Crippen molar-refractivity contribution in [3.63, 3.8) is 0 Å². The van der Waals surface area contributed by atoms with E-state index in [1.165, 1.54) is 6.92 Å². The van der Waals surface area contributed by atoms with Gasteiger partial charge in [-0.25, -0.2) is 0 Å². The molecule has 0 heterocycles. The first-order chi connectivity index (χ1) is 12.9. The Hall–Kier alpha value is -3.06. The summed E-state index contributed by atoms with van der Waals surface area (Å²) in [5, 5.41) is 5.50. The maximum absolute atomic E-state index is 12.0. The molecule has 0 bridgehead atoms. The van der Waals surface area contributed by atoms with E-state index in [1.54, 1.807) is 48.5 Å². The van der Waals surface area contributed by atoms with E-state index in [1.807, 2.05) is 6.07 Å². The van der Waals surface area contributed by atoms with Crippen molar-refractivity contribution in [1.82, 2.24) is 5.32 Å². The largest absolute Gasteiger partial charge is 0.484 e. The summed E-state index contributed by atoms with van der Waals surface area (Å²) in [5.41, 5.74) is 0.527. The first-order valence-electron chi connectivity index (χ1n) is 8.14. The van der Waals surface area contributed by atoms with E-state index >= 15 is 0 Å². The number of hydrogen-bond donors (Lipinski definition) is 2. The third-order valence-electron chi connectivity index (χ3n) is 3.33. The average Bonchev–Trinajstić information content (AvgIpc) is 2.67. The van der Waals surface area contributed by atoms with E-state index in [0.29, 0.717) is 16.5 Å². The molecule has 1 atom stereocenters. The predicted molar refractivity (Wildman–Crippen MR) is 101 cm³/mol. The number of anilines is 1. The van der Waals surface area contributed by atoms with Crippen LogP contribution in [0.2, 0.25) is 5.02 Å². The molecule has 2 rings (SSSR count). The topological polar surface area (TPSA) is 93.7 Å². The van der Waals surface area contributed by atoms with Crippen LogP contribution in [-0.4, -0.2) is 37.0 Å². The van der Waals surface area contributed by atoms with Crippen LogP contribution in [0, 0.1) is 0 Å². The van der Waals surface area contributed by atoms with E-state index in [4.69, 9.17) is 21.1 Å². The van der Waals surface area contributed by atoms with Crippen LogP contribution in [0.1, 0.15) is 6.92 Å². The Bertz CT molecular complexity index is 780. The number of para-hydroxylation sites is 1. The Kier molecular flexibility index (Phi) is 7.63. The van der Waals surface area contributed by atoms with Crippen molar-refractivity contribution in [2.45, 2.75) is 13.0 Å². The highest BCUT2D eigenvalue weighted by Crippen LogP contribution is 2.13. The highest BCUT2D eigenvalue weighted by Gasteiger charge is 2.18. The Morgan fingerprint density at radius 3 is 2.37 bits per heavy atom. The second-order valence-corrected chi connectivity index (χ2v) is 5.94. The van der Waals surface area contributed by atoms with Gasteiger partial charge in [-0.05, 0) is 43.3 Å². The molecule has 0 saturated heterocycles. The van der Waals surface area contributed by atoms with Crippen molar-refractivity contribution < 1.29 is 23.9 Å². The van der Waals surface area contributed by atoms with Crippen LogP contribution in [0.25, 0.3) is 0 Å². The van der Waals surface area contributed by atoms with E-state index in [9.17, 15) is 14.4 Å². The predicted octanol–water partition coefficient (Wildman–Crippen LogP) is 2.41. The fourth-order valence-corrected chi connectivity index (χ4v) is 2.08. The first kappa shape index (κ1) is 20.3. The third kappa shape index (κ3) is 7.37. The lowest BCUT2D eigenvalue weighted by Crippen LogP contribution is -2.37. The van der Waals surface area contributed by atoms with Gasteiger partial charge in [-0.2, -0.15) is 0 Å². The molecule has 0 aromatic heterocycles. The van der Waals surface area contributed by atoms with Gasteiger partial charge < -0.3 is 20.1 Å². The molecule has 0 aliphatic rings. The molecule has 2 aromatic rings. The number of carbonyl (C=O) groups is 3. The minimum atomic E-state index is -1.02. The zero-order chi connectivity index (χ0) is 19.6. The van der Waals surface area contributed by atoms with Gasteiger partial charge in [-0.3, -0.25) is 14.4 Å². The SMILES string of the molecule is CC(OC(=O)CNC(=O)COc1ccccc1)C(=O)Nc1ccc(Cl)cc1. The number of rotatable bonds is 8. The van der Waals surface area contributed by atoms with E-state index < -0.39 is 23.9 Å². The lowest BCUT2D eigenvalue weighted by atomic mass is 10.3. The fraction of sp³-hybridized carbons (Fsp3) is 0.211. The van der Waals surface area contributed by atoms with Gasteiger partial charge in [0.25, 0.3) is 11.8 Å². The Morgan fingerprint density at radius 2 is 1.70 bits per heavy atom. The smallest absolute Gasteiger partial charge is 0.326 e. The van der Waals surface area contributed by atoms with Crippen molar-refractivity contribution in [2.24, 2.45) is 0 Å². The molecule has 2 amide bonds. The van der Waals surface area contributed by atoms with Gasteiger partial charge in [-0.1, -0.05) is 29.8 Å². The second kappa shape index (κ2) is 10.2. The molecule has 27 heavy (non-hydrogen) atoms. The molecule has 7 nitrogen and oxygen atoms in total. The summed E-state index contributed by atoms with van der Waals surface area (Å²) in [6.45, 7) is 0.836. The van der Waals surface area contributed by atoms with Crippen LogP contribution in [0.4, 0.5) is 5.69 Å². The molecule has 2 N–H and O–H groups in total. The van der Waals surface area contributed by atoms with Crippen molar-refractivity contribution in [1.29, 1.82) is 0 Å². The summed E-state index contributed by atoms with van der Waals surface area (Å²) in [5.74, 6) is -1.16. The molecule has 8 heteroatoms. The molecule has 0 saturated carbocycles. The van der Waals surface area contributed by atoms with Crippen LogP contribution in [0.3, 0.4) is 0 Å². The van der Waals surface area contributed by atoms with Gasteiger partial charge in [0.2, 0.25) is 0 Å².